The number of carbonyl (C=O) groups is 3. The summed E-state index contributed by atoms with van der Waals surface area (Å²) in [5.41, 5.74) is 1.16. The van der Waals surface area contributed by atoms with Crippen LogP contribution in [0.25, 0.3) is 5.57 Å². The zero-order valence-electron chi connectivity index (χ0n) is 12.9. The average Bonchev–Trinajstić information content (AvgIpc) is 2.70. The molecule has 1 heterocycles. The minimum absolute atomic E-state index is 0.00562. The van der Waals surface area contributed by atoms with Crippen molar-refractivity contribution in [1.29, 1.82) is 0 Å². The van der Waals surface area contributed by atoms with Crippen LogP contribution in [0.15, 0.2) is 18.2 Å². The second-order valence-corrected chi connectivity index (χ2v) is 6.07. The van der Waals surface area contributed by atoms with Gasteiger partial charge in [-0.3, -0.25) is 14.4 Å². The molecule has 1 amide bonds. The predicted octanol–water partition coefficient (Wildman–Crippen LogP) is 1.15. The molecule has 1 aliphatic carbocycles. The van der Waals surface area contributed by atoms with Gasteiger partial charge in [0.1, 0.15) is 17.1 Å². The third-order valence-electron chi connectivity index (χ3n) is 4.19. The van der Waals surface area contributed by atoms with Crippen LogP contribution >= 0.6 is 0 Å². The number of nitrogens with one attached hydrogen (secondary N) is 1. The van der Waals surface area contributed by atoms with Crippen LogP contribution in [0.2, 0.25) is 0 Å². The van der Waals surface area contributed by atoms with Gasteiger partial charge >= 0.3 is 0 Å². The fourth-order valence-corrected chi connectivity index (χ4v) is 3.03. The van der Waals surface area contributed by atoms with Gasteiger partial charge in [0.15, 0.2) is 0 Å². The van der Waals surface area contributed by atoms with Crippen molar-refractivity contribution in [3.05, 3.63) is 29.3 Å². The smallest absolute Gasteiger partial charge is 0.222 e. The van der Waals surface area contributed by atoms with Gasteiger partial charge in [0.2, 0.25) is 17.5 Å². The second-order valence-electron chi connectivity index (χ2n) is 6.07. The number of fused-ring (bicyclic) bond motifs is 3. The summed E-state index contributed by atoms with van der Waals surface area (Å²) in [6.07, 6.45) is 1.77. The summed E-state index contributed by atoms with van der Waals surface area (Å²) in [4.78, 5) is 34.3. The molecule has 0 spiro atoms. The predicted molar refractivity (Wildman–Crippen MR) is 82.1 cm³/mol. The normalized spacial score (nSPS) is 22.1. The zero-order valence-corrected chi connectivity index (χ0v) is 12.9. The first-order valence-electron chi connectivity index (χ1n) is 7.39. The summed E-state index contributed by atoms with van der Waals surface area (Å²) in [6.45, 7) is 3.59. The summed E-state index contributed by atoms with van der Waals surface area (Å²) in [5, 5.41) is 12.8. The van der Waals surface area contributed by atoms with Gasteiger partial charge in [0.05, 0.1) is 6.42 Å². The number of amides is 1. The average molecular weight is 315 g/mol. The highest BCUT2D eigenvalue weighted by atomic mass is 16.5. The van der Waals surface area contributed by atoms with Crippen molar-refractivity contribution in [2.75, 3.05) is 6.54 Å². The Bertz CT molecular complexity index is 764. The number of rotatable bonds is 3. The van der Waals surface area contributed by atoms with Gasteiger partial charge in [-0.05, 0) is 31.1 Å². The molecular formula is C17H17NO5. The summed E-state index contributed by atoms with van der Waals surface area (Å²) in [6, 6.07) is 3.25. The van der Waals surface area contributed by atoms with Crippen molar-refractivity contribution in [1.82, 2.24) is 5.32 Å². The van der Waals surface area contributed by atoms with Crippen LogP contribution in [0.3, 0.4) is 0 Å². The first-order chi connectivity index (χ1) is 10.8. The highest BCUT2D eigenvalue weighted by molar-refractivity contribution is 6.44. The minimum Gasteiger partial charge on any atom is -0.508 e. The van der Waals surface area contributed by atoms with E-state index < -0.39 is 17.2 Å². The molecule has 1 unspecified atom stereocenters. The van der Waals surface area contributed by atoms with Gasteiger partial charge in [0, 0.05) is 30.7 Å². The molecule has 1 aliphatic heterocycles. The molecule has 6 nitrogen and oxygen atoms in total. The van der Waals surface area contributed by atoms with Crippen LogP contribution < -0.4 is 10.1 Å². The van der Waals surface area contributed by atoms with E-state index in [4.69, 9.17) is 4.74 Å². The molecule has 1 aromatic rings. The van der Waals surface area contributed by atoms with E-state index in [1.54, 1.807) is 13.0 Å². The fraction of sp³-hybridized carbons (Fsp3) is 0.353. The van der Waals surface area contributed by atoms with E-state index in [2.05, 4.69) is 5.32 Å². The van der Waals surface area contributed by atoms with Crippen LogP contribution in [0, 0.1) is 0 Å². The number of Topliss-reactive ketones (excluding diaryl/α,β-unsaturated/α-hetero) is 1. The maximum absolute atomic E-state index is 11.7. The minimum atomic E-state index is -0.865. The summed E-state index contributed by atoms with van der Waals surface area (Å²) in [5.74, 6) is -0.613. The van der Waals surface area contributed by atoms with Crippen molar-refractivity contribution in [2.45, 2.75) is 32.3 Å². The maximum Gasteiger partial charge on any atom is 0.222 e. The number of hydrogen-bond donors (Lipinski definition) is 2. The molecule has 1 aromatic carbocycles. The number of benzene rings is 1. The van der Waals surface area contributed by atoms with E-state index >= 15 is 0 Å². The van der Waals surface area contributed by atoms with Crippen molar-refractivity contribution in [3.63, 3.8) is 0 Å². The first kappa shape index (κ1) is 15.3. The Balaban J connectivity index is 1.96. The number of ether oxygens (including phenoxy) is 1. The van der Waals surface area contributed by atoms with Crippen LogP contribution in [-0.4, -0.2) is 34.7 Å². The molecule has 23 heavy (non-hydrogen) atoms. The van der Waals surface area contributed by atoms with Crippen molar-refractivity contribution in [2.24, 2.45) is 0 Å². The van der Waals surface area contributed by atoms with Crippen LogP contribution in [0.1, 0.15) is 31.4 Å². The largest absolute Gasteiger partial charge is 0.508 e. The standard InChI is InChI=1S/C17H17NO5/c1-9(19)18-4-3-10-5-11-12-6-14(21)15(22)8-17(12,2)23-16(11)7-13(10)20/h5-7,20H,3-4,8H2,1-2H3,(H,18,19). The third kappa shape index (κ3) is 2.60. The molecule has 2 aliphatic rings. The monoisotopic (exact) mass is 315 g/mol. The van der Waals surface area contributed by atoms with Crippen molar-refractivity contribution >= 4 is 23.0 Å². The van der Waals surface area contributed by atoms with E-state index in [0.717, 1.165) is 0 Å². The molecule has 0 saturated heterocycles. The lowest BCUT2D eigenvalue weighted by molar-refractivity contribution is -0.135. The lowest BCUT2D eigenvalue weighted by atomic mass is 9.81. The Morgan fingerprint density at radius 1 is 1.39 bits per heavy atom. The van der Waals surface area contributed by atoms with Crippen LogP contribution in [0.5, 0.6) is 11.5 Å². The van der Waals surface area contributed by atoms with E-state index in [9.17, 15) is 19.5 Å². The number of carbonyl (C=O) groups excluding carboxylic acids is 3. The number of phenols is 1. The topological polar surface area (TPSA) is 92.7 Å². The van der Waals surface area contributed by atoms with Crippen molar-refractivity contribution < 1.29 is 24.2 Å². The Kier molecular flexibility index (Phi) is 3.47. The SMILES string of the molecule is CC(=O)NCCc1cc2c(cc1O)OC1(C)CC(=O)C(=O)C=C21. The molecule has 0 aromatic heterocycles. The number of allylic oxidation sites excluding steroid dienone is 1. The van der Waals surface area contributed by atoms with Gasteiger partial charge in [-0.25, -0.2) is 0 Å². The lowest BCUT2D eigenvalue weighted by Gasteiger charge is -2.27. The van der Waals surface area contributed by atoms with E-state index in [0.29, 0.717) is 35.4 Å². The van der Waals surface area contributed by atoms with Gasteiger partial charge in [-0.2, -0.15) is 0 Å². The molecule has 6 heteroatoms. The molecule has 0 fully saturated rings. The Morgan fingerprint density at radius 2 is 2.13 bits per heavy atom. The van der Waals surface area contributed by atoms with E-state index in [1.165, 1.54) is 19.1 Å². The molecule has 0 saturated carbocycles. The molecule has 120 valence electrons. The van der Waals surface area contributed by atoms with Gasteiger partial charge in [-0.1, -0.05) is 0 Å². The Morgan fingerprint density at radius 3 is 2.83 bits per heavy atom. The third-order valence-corrected chi connectivity index (χ3v) is 4.19. The maximum atomic E-state index is 11.7. The summed E-state index contributed by atoms with van der Waals surface area (Å²) < 4.78 is 5.82. The molecule has 0 radical (unpaired) electrons. The Labute approximate surface area is 133 Å². The van der Waals surface area contributed by atoms with E-state index in [1.807, 2.05) is 0 Å². The van der Waals surface area contributed by atoms with Gasteiger partial charge < -0.3 is 15.2 Å². The molecule has 2 N–H and O–H groups in total. The highest BCUT2D eigenvalue weighted by Gasteiger charge is 2.46. The number of hydrogen-bond acceptors (Lipinski definition) is 5. The highest BCUT2D eigenvalue weighted by Crippen LogP contribution is 2.49. The quantitative estimate of drug-likeness (QED) is 0.816. The number of phenolic OH excluding ortho intramolecular Hbond substituents is 1. The number of ketones is 2. The lowest BCUT2D eigenvalue weighted by Crippen LogP contribution is -2.38. The van der Waals surface area contributed by atoms with Crippen LogP contribution in [-0.2, 0) is 20.8 Å². The van der Waals surface area contributed by atoms with Gasteiger partial charge in [0.25, 0.3) is 0 Å². The second kappa shape index (κ2) is 5.22. The molecule has 1 atom stereocenters. The molecular weight excluding hydrogens is 298 g/mol. The van der Waals surface area contributed by atoms with Crippen molar-refractivity contribution in [3.8, 4) is 11.5 Å². The fourth-order valence-electron chi connectivity index (χ4n) is 3.03. The van der Waals surface area contributed by atoms with E-state index in [-0.39, 0.29) is 18.1 Å². The summed E-state index contributed by atoms with van der Waals surface area (Å²) in [7, 11) is 0. The molecule has 3 rings (SSSR count). The Hall–Kier alpha value is -2.63. The van der Waals surface area contributed by atoms with Crippen LogP contribution in [0.4, 0.5) is 0 Å². The molecule has 0 bridgehead atoms. The number of aromatic hydroxyl groups is 1. The van der Waals surface area contributed by atoms with Gasteiger partial charge in [-0.15, -0.1) is 0 Å². The summed E-state index contributed by atoms with van der Waals surface area (Å²) >= 11 is 0. The zero-order chi connectivity index (χ0) is 16.8. The first-order valence-corrected chi connectivity index (χ1v) is 7.39.